The number of nitrogens with two attached hydrogens (primary N) is 4. The molecule has 778 valence electrons. The van der Waals surface area contributed by atoms with Gasteiger partial charge in [-0.2, -0.15) is 57.4 Å². The normalized spacial score (nSPS) is 24.1. The number of hydrogen-bond donors (Lipinski definition) is 13. The van der Waals surface area contributed by atoms with Gasteiger partial charge in [-0.25, -0.2) is 8.42 Å². The third-order valence-electron chi connectivity index (χ3n) is 27.2. The Balaban J connectivity index is 0.000000196. The molecule has 0 aromatic heterocycles. The van der Waals surface area contributed by atoms with Crippen LogP contribution in [-0.4, -0.2) is 142 Å². The molecule has 26 nitrogen and oxygen atoms in total. The Labute approximate surface area is 824 Å². The minimum absolute atomic E-state index is 0.0105. The molecule has 0 bridgehead atoms. The maximum Gasteiger partial charge on any atom is 0.416 e. The van der Waals surface area contributed by atoms with Crippen molar-refractivity contribution in [2.45, 2.75) is 234 Å². The number of aryl methyl sites for hydroxylation is 4. The molecule has 1 saturated carbocycles. The lowest BCUT2D eigenvalue weighted by Crippen LogP contribution is -2.70. The number of nitrogens with one attached hydrogen (secondary N) is 8. The number of sulfonamides is 1. The molecule has 7 amide bonds. The molecule has 143 heavy (non-hydrogen) atoms. The fourth-order valence-electron chi connectivity index (χ4n) is 18.1. The first-order chi connectivity index (χ1) is 66.6. The van der Waals surface area contributed by atoms with Crippen molar-refractivity contribution in [3.8, 4) is 0 Å². The summed E-state index contributed by atoms with van der Waals surface area (Å²) in [5, 5.41) is 30.8. The van der Waals surface area contributed by atoms with Crippen LogP contribution < -0.4 is 64.9 Å². The Morgan fingerprint density at radius 3 is 0.818 bits per heavy atom. The summed E-state index contributed by atoms with van der Waals surface area (Å²) in [6.45, 7) is 18.3. The van der Waals surface area contributed by atoms with Gasteiger partial charge in [0.1, 0.15) is 28.8 Å². The highest BCUT2D eigenvalue weighted by atomic mass is 32.2. The minimum Gasteiger partial charge on any atom is -0.387 e. The molecule has 12 atom stereocenters. The second kappa shape index (κ2) is 45.6. The number of hydrogen-bond acceptors (Lipinski definition) is 18. The van der Waals surface area contributed by atoms with Crippen LogP contribution in [0.5, 0.6) is 0 Å². The first kappa shape index (κ1) is 114. The molecule has 17 N–H and O–H groups in total. The Hall–Kier alpha value is -11.2. The van der Waals surface area contributed by atoms with Crippen LogP contribution in [0.15, 0.2) is 194 Å². The molecule has 39 heteroatoms. The largest absolute Gasteiger partial charge is 0.416 e. The van der Waals surface area contributed by atoms with Crippen LogP contribution >= 0.6 is 0 Å². The molecule has 8 aromatic rings. The number of alkyl halides is 12. The molecule has 0 radical (unpaired) electrons. The van der Waals surface area contributed by atoms with Crippen LogP contribution in [0.3, 0.4) is 0 Å². The number of rotatable bonds is 31. The Morgan fingerprint density at radius 2 is 0.615 bits per heavy atom. The number of primary amides is 4. The minimum atomic E-state index is -4.47. The molecule has 0 spiro atoms. The van der Waals surface area contributed by atoms with Gasteiger partial charge in [0, 0.05) is 37.5 Å². The second-order valence-electron chi connectivity index (χ2n) is 39.4. The van der Waals surface area contributed by atoms with Crippen molar-refractivity contribution in [2.24, 2.45) is 34.3 Å². The third-order valence-corrected chi connectivity index (χ3v) is 27.9. The highest BCUT2D eigenvalue weighted by Crippen LogP contribution is 2.45. The fraction of sp³-hybridized carbons (Fsp3) is 0.471. The summed E-state index contributed by atoms with van der Waals surface area (Å²) in [7, 11) is -3.73. The van der Waals surface area contributed by atoms with E-state index < -0.39 is 167 Å². The fourth-order valence-corrected chi connectivity index (χ4v) is 19.1. The predicted octanol–water partition coefficient (Wildman–Crippen LogP) is 14.7. The van der Waals surface area contributed by atoms with Crippen LogP contribution in [0.4, 0.5) is 52.7 Å². The summed E-state index contributed by atoms with van der Waals surface area (Å²) in [4.78, 5) is 86.4. The van der Waals surface area contributed by atoms with Gasteiger partial charge in [-0.15, -0.1) is 0 Å². The van der Waals surface area contributed by atoms with E-state index >= 15 is 0 Å². The van der Waals surface area contributed by atoms with Crippen molar-refractivity contribution >= 4 is 51.4 Å². The van der Waals surface area contributed by atoms with Gasteiger partial charge in [-0.1, -0.05) is 189 Å². The second-order valence-corrected chi connectivity index (χ2v) is 41.1. The zero-order chi connectivity index (χ0) is 106. The van der Waals surface area contributed by atoms with Gasteiger partial charge in [-0.05, 0) is 213 Å². The highest BCUT2D eigenvalue weighted by molar-refractivity contribution is 7.88. The van der Waals surface area contributed by atoms with Gasteiger partial charge in [0.05, 0.1) is 102 Å². The molecule has 8 aromatic carbocycles. The molecular weight excluding hydrogens is 1900 g/mol. The summed E-state index contributed by atoms with van der Waals surface area (Å²) in [5.41, 5.74) is 17.8. The summed E-state index contributed by atoms with van der Waals surface area (Å²) >= 11 is 0. The molecular formula is C104H128F12N12O14S. The van der Waals surface area contributed by atoms with Crippen molar-refractivity contribution in [3.63, 3.8) is 0 Å². The summed E-state index contributed by atoms with van der Waals surface area (Å²) < 4.78 is 210. The van der Waals surface area contributed by atoms with E-state index in [9.17, 15) is 94.7 Å². The lowest BCUT2D eigenvalue weighted by molar-refractivity contribution is -0.138. The zero-order valence-electron chi connectivity index (χ0n) is 81.8. The van der Waals surface area contributed by atoms with E-state index in [1.807, 2.05) is 121 Å². The van der Waals surface area contributed by atoms with Gasteiger partial charge in [0.25, 0.3) is 0 Å². The number of benzene rings is 8. The number of ether oxygens (including phenoxy) is 4. The van der Waals surface area contributed by atoms with Crippen LogP contribution in [0.1, 0.15) is 226 Å². The molecule has 4 heterocycles. The maximum atomic E-state index is 13.4. The average Bonchev–Trinajstić information content (AvgIpc) is 1.08. The van der Waals surface area contributed by atoms with Crippen molar-refractivity contribution < 1.29 is 119 Å². The average molecular weight is 2030 g/mol. The van der Waals surface area contributed by atoms with Crippen LogP contribution in [-0.2, 0) is 109 Å². The monoisotopic (exact) mass is 2030 g/mol. The van der Waals surface area contributed by atoms with Crippen molar-refractivity contribution in [1.29, 1.82) is 0 Å². The van der Waals surface area contributed by atoms with Gasteiger partial charge in [0.15, 0.2) is 0 Å². The summed E-state index contributed by atoms with van der Waals surface area (Å²) in [5.74, 6) is -4.00. The van der Waals surface area contributed by atoms with E-state index in [0.29, 0.717) is 70.2 Å². The first-order valence-electron chi connectivity index (χ1n) is 46.8. The Morgan fingerprint density at radius 1 is 0.378 bits per heavy atom. The van der Waals surface area contributed by atoms with Crippen LogP contribution in [0.2, 0.25) is 0 Å². The van der Waals surface area contributed by atoms with Gasteiger partial charge >= 0.3 is 24.7 Å². The first-order valence-corrected chi connectivity index (χ1v) is 48.7. The number of aliphatic hydroxyl groups is 1. The van der Waals surface area contributed by atoms with Gasteiger partial charge in [-0.3, -0.25) is 33.6 Å². The lowest BCUT2D eigenvalue weighted by atomic mass is 9.75. The SMILES string of the molecule is Cc1cc([C@@H](C)OC[C@@]2(c3ccccc3)CC[C@@](NC(=O)C(C)(C)C)(C(N)=O)CN2)cc(C(F)(F)F)c1.Cc1cc([C@@H](C)OC[C@@]2(c3ccccc3)CC[C@@](NC(=O)C3CC3)(C(N)=O)CN2)cc(C(F)(F)F)c1.Cc1cc([C@@H](C)OC[C@@]2(c3ccccc3)CC[C@@](NC(=O)CO)(C(N)=O)CN2)cc(C(F)(F)F)c1.Cc1cc([C@@H](C)OC[C@@]2(c3ccccc3)CC[C@@](NS(C)(=O)=O)(C(N)=O)CN2)cc(C(F)(F)F)c1. The molecule has 4 saturated heterocycles. The summed E-state index contributed by atoms with van der Waals surface area (Å²) in [6.07, 6.45) is -15.5. The van der Waals surface area contributed by atoms with E-state index in [1.54, 1.807) is 100 Å². The predicted molar refractivity (Wildman–Crippen MR) is 513 cm³/mol. The number of amides is 7. The molecule has 0 unspecified atom stereocenters. The number of aliphatic hydroxyl groups excluding tert-OH is 1. The molecule has 4 aliphatic heterocycles. The molecule has 13 rings (SSSR count). The van der Waals surface area contributed by atoms with Crippen LogP contribution in [0, 0.1) is 39.0 Å². The quantitative estimate of drug-likeness (QED) is 0.0179. The summed E-state index contributed by atoms with van der Waals surface area (Å²) in [6, 6.07) is 53.1. The van der Waals surface area contributed by atoms with Crippen molar-refractivity contribution in [2.75, 3.05) is 65.5 Å². The van der Waals surface area contributed by atoms with E-state index in [1.165, 1.54) is 0 Å². The number of carbonyl (C=O) groups excluding carboxylic acids is 7. The molecule has 5 fully saturated rings. The van der Waals surface area contributed by atoms with Gasteiger partial charge < -0.3 is 84.2 Å². The van der Waals surface area contributed by atoms with E-state index in [2.05, 4.69) is 41.9 Å². The number of piperidine rings is 4. The van der Waals surface area contributed by atoms with Crippen LogP contribution in [0.25, 0.3) is 0 Å². The Bertz CT molecular complexity index is 5860. The standard InChI is InChI=1S/C28H36F3N3O3.C27H32F3N3O3.C25H30F3N3O4.C24H30F3N3O4S/c1-18-13-20(15-22(14-18)28(29,30)31)19(2)37-17-27(21-9-7-6-8-10-21)12-11-26(16-33-27,23(32)35)34-24(36)25(3,4)5;1-17-12-20(14-22(13-17)27(28,29)30)18(2)36-16-26(21-6-4-3-5-7-21)11-10-25(15-32-26,24(31)35)33-23(34)19-8-9-19;1-16-10-18(12-20(11-16)25(26,27)28)17(2)35-15-24(19-6-4-3-5-7-19)9-8-23(14-30-24,22(29)34)31-21(33)13-32;1-16-11-18(13-20(12-16)24(25,26)27)17(2)34-15-23(19-7-5-4-6-8-19)10-9-22(14-29-23,21(28)31)30-35(3,32)33/h6-10,13-15,19,33H,11-12,16-17H2,1-5H3,(H2,32,35)(H,34,36);3-7,12-14,18-19,32H,8-11,15-16H2,1-2H3,(H2,31,35)(H,33,34);3-7,10-12,17,30,32H,8-9,13-15H2,1-2H3,(H2,29,34)(H,31,33);4-8,11-13,17,29-30H,9-10,14-15H2,1-3H3,(H2,28,31)/t19-,26+,27-;18-,25+,26-;17-,23+,24-;17-,22+,23-/m1111/s1. The third kappa shape index (κ3) is 29.1. The van der Waals surface area contributed by atoms with Crippen molar-refractivity contribution in [1.82, 2.24) is 41.9 Å². The highest BCUT2D eigenvalue weighted by Gasteiger charge is 2.55. The zero-order valence-corrected chi connectivity index (χ0v) is 82.6. The molecule has 1 aliphatic carbocycles. The lowest BCUT2D eigenvalue weighted by Gasteiger charge is -2.47. The van der Waals surface area contributed by atoms with Crippen molar-refractivity contribution in [3.05, 3.63) is 283 Å². The smallest absolute Gasteiger partial charge is 0.387 e. The Kier molecular flexibility index (Phi) is 36.2. The number of carbonyl (C=O) groups is 7. The molecule has 5 aliphatic rings. The van der Waals surface area contributed by atoms with E-state index in [0.717, 1.165) is 89.9 Å². The van der Waals surface area contributed by atoms with E-state index in [4.69, 9.17) is 47.0 Å². The number of halogens is 12. The topological polar surface area (TPSA) is 411 Å². The maximum absolute atomic E-state index is 13.4. The van der Waals surface area contributed by atoms with E-state index in [-0.39, 0.29) is 96.0 Å². The van der Waals surface area contributed by atoms with Gasteiger partial charge in [0.2, 0.25) is 51.4 Å².